The molecule has 2 saturated heterocycles. The van der Waals surface area contributed by atoms with Crippen molar-refractivity contribution in [1.29, 1.82) is 0 Å². The summed E-state index contributed by atoms with van der Waals surface area (Å²) in [4.78, 5) is 11.8. The van der Waals surface area contributed by atoms with Gasteiger partial charge in [-0.3, -0.25) is 4.79 Å². The van der Waals surface area contributed by atoms with Gasteiger partial charge < -0.3 is 15.4 Å². The van der Waals surface area contributed by atoms with Gasteiger partial charge in [0.15, 0.2) is 0 Å². The lowest BCUT2D eigenvalue weighted by Gasteiger charge is -2.32. The Balaban J connectivity index is 1.65. The molecule has 0 aromatic heterocycles. The van der Waals surface area contributed by atoms with Gasteiger partial charge in [-0.2, -0.15) is 0 Å². The first-order valence-electron chi connectivity index (χ1n) is 6.37. The fourth-order valence-corrected chi connectivity index (χ4v) is 2.22. The molecule has 16 heavy (non-hydrogen) atoms. The maximum Gasteiger partial charge on any atom is 0.223 e. The molecule has 2 N–H and O–H groups in total. The fourth-order valence-electron chi connectivity index (χ4n) is 2.22. The number of nitrogens with one attached hydrogen (secondary N) is 2. The van der Waals surface area contributed by atoms with Crippen LogP contribution in [0.2, 0.25) is 0 Å². The summed E-state index contributed by atoms with van der Waals surface area (Å²) in [6.45, 7) is 5.51. The van der Waals surface area contributed by atoms with Gasteiger partial charge in [-0.1, -0.05) is 6.92 Å². The van der Waals surface area contributed by atoms with Gasteiger partial charge in [0.05, 0.1) is 6.10 Å². The van der Waals surface area contributed by atoms with Crippen LogP contribution in [0.15, 0.2) is 0 Å². The molecule has 0 aromatic carbocycles. The molecular formula is C12H22N2O2. The van der Waals surface area contributed by atoms with E-state index in [0.29, 0.717) is 12.5 Å². The second-order valence-electron chi connectivity index (χ2n) is 4.94. The third-order valence-electron chi connectivity index (χ3n) is 3.71. The minimum atomic E-state index is 0.129. The van der Waals surface area contributed by atoms with E-state index in [1.54, 1.807) is 0 Å². The molecule has 2 atom stereocenters. The van der Waals surface area contributed by atoms with E-state index < -0.39 is 0 Å². The Labute approximate surface area is 97.1 Å². The molecule has 2 aliphatic rings. The fraction of sp³-hybridized carbons (Fsp3) is 0.917. The van der Waals surface area contributed by atoms with Crippen molar-refractivity contribution in [2.45, 2.75) is 32.3 Å². The Morgan fingerprint density at radius 2 is 2.31 bits per heavy atom. The second kappa shape index (κ2) is 5.64. The maximum absolute atomic E-state index is 11.8. The van der Waals surface area contributed by atoms with Crippen molar-refractivity contribution < 1.29 is 9.53 Å². The smallest absolute Gasteiger partial charge is 0.223 e. The first kappa shape index (κ1) is 11.9. The number of amides is 1. The predicted molar refractivity (Wildman–Crippen MR) is 62.1 cm³/mol. The lowest BCUT2D eigenvalue weighted by Crippen LogP contribution is -2.50. The van der Waals surface area contributed by atoms with Crippen LogP contribution in [0.3, 0.4) is 0 Å². The van der Waals surface area contributed by atoms with Gasteiger partial charge >= 0.3 is 0 Å². The molecule has 2 aliphatic heterocycles. The average Bonchev–Trinajstić information content (AvgIpc) is 2.25. The zero-order chi connectivity index (χ0) is 11.4. The minimum Gasteiger partial charge on any atom is -0.376 e. The molecule has 0 aromatic rings. The van der Waals surface area contributed by atoms with E-state index in [1.807, 2.05) is 6.92 Å². The topological polar surface area (TPSA) is 50.4 Å². The Kier molecular flexibility index (Phi) is 4.18. The third-order valence-corrected chi connectivity index (χ3v) is 3.71. The van der Waals surface area contributed by atoms with Gasteiger partial charge in [0.1, 0.15) is 0 Å². The molecule has 0 radical (unpaired) electrons. The monoisotopic (exact) mass is 226 g/mol. The predicted octanol–water partition coefficient (Wildman–Crippen LogP) is 0.527. The molecule has 4 heteroatoms. The average molecular weight is 226 g/mol. The van der Waals surface area contributed by atoms with Crippen LogP contribution in [0.5, 0.6) is 0 Å². The first-order valence-corrected chi connectivity index (χ1v) is 6.37. The molecule has 2 rings (SSSR count). The van der Waals surface area contributed by atoms with Gasteiger partial charge in [0.2, 0.25) is 5.91 Å². The van der Waals surface area contributed by atoms with Crippen LogP contribution < -0.4 is 10.6 Å². The number of ether oxygens (including phenoxy) is 1. The highest BCUT2D eigenvalue weighted by Crippen LogP contribution is 2.16. The standard InChI is InChI=1S/C12H22N2O2/c1-9(10-6-13-7-10)12(15)14-8-11-4-2-3-5-16-11/h9-11,13H,2-8H2,1H3,(H,14,15). The van der Waals surface area contributed by atoms with Crippen molar-refractivity contribution in [2.75, 3.05) is 26.2 Å². The molecule has 1 amide bonds. The SMILES string of the molecule is CC(C(=O)NCC1CCCCO1)C1CNC1. The molecular weight excluding hydrogens is 204 g/mol. The van der Waals surface area contributed by atoms with Gasteiger partial charge in [-0.25, -0.2) is 0 Å². The van der Waals surface area contributed by atoms with Crippen LogP contribution in [0.4, 0.5) is 0 Å². The number of hydrogen-bond acceptors (Lipinski definition) is 3. The Hall–Kier alpha value is -0.610. The number of rotatable bonds is 4. The number of carbonyl (C=O) groups is 1. The van der Waals surface area contributed by atoms with Gasteiger partial charge in [0, 0.05) is 19.1 Å². The van der Waals surface area contributed by atoms with E-state index in [2.05, 4.69) is 10.6 Å². The van der Waals surface area contributed by atoms with Gasteiger partial charge in [-0.15, -0.1) is 0 Å². The molecule has 2 heterocycles. The summed E-state index contributed by atoms with van der Waals surface area (Å²) in [6, 6.07) is 0. The Bertz CT molecular complexity index is 235. The van der Waals surface area contributed by atoms with Crippen LogP contribution in [-0.4, -0.2) is 38.3 Å². The van der Waals surface area contributed by atoms with E-state index in [9.17, 15) is 4.79 Å². The summed E-state index contributed by atoms with van der Waals surface area (Å²) < 4.78 is 5.58. The summed E-state index contributed by atoms with van der Waals surface area (Å²) >= 11 is 0. The van der Waals surface area contributed by atoms with Crippen molar-refractivity contribution in [3.63, 3.8) is 0 Å². The van der Waals surface area contributed by atoms with Crippen LogP contribution in [0.1, 0.15) is 26.2 Å². The number of carbonyl (C=O) groups excluding carboxylic acids is 1. The normalized spacial score (nSPS) is 28.2. The highest BCUT2D eigenvalue weighted by molar-refractivity contribution is 5.78. The zero-order valence-corrected chi connectivity index (χ0v) is 10.00. The molecule has 0 aliphatic carbocycles. The first-order chi connectivity index (χ1) is 7.77. The van der Waals surface area contributed by atoms with Crippen LogP contribution >= 0.6 is 0 Å². The van der Waals surface area contributed by atoms with Crippen LogP contribution in [0.25, 0.3) is 0 Å². The van der Waals surface area contributed by atoms with E-state index in [0.717, 1.165) is 32.5 Å². The minimum absolute atomic E-state index is 0.129. The van der Waals surface area contributed by atoms with Crippen molar-refractivity contribution in [3.05, 3.63) is 0 Å². The molecule has 2 unspecified atom stereocenters. The lowest BCUT2D eigenvalue weighted by molar-refractivity contribution is -0.127. The summed E-state index contributed by atoms with van der Waals surface area (Å²) in [5, 5.41) is 6.21. The largest absolute Gasteiger partial charge is 0.376 e. The van der Waals surface area contributed by atoms with Crippen LogP contribution in [0, 0.1) is 11.8 Å². The highest BCUT2D eigenvalue weighted by atomic mass is 16.5. The summed E-state index contributed by atoms with van der Waals surface area (Å²) in [5.41, 5.74) is 0. The van der Waals surface area contributed by atoms with E-state index in [-0.39, 0.29) is 17.9 Å². The van der Waals surface area contributed by atoms with Gasteiger partial charge in [0.25, 0.3) is 0 Å². The summed E-state index contributed by atoms with van der Waals surface area (Å²) in [5.74, 6) is 0.831. The second-order valence-corrected chi connectivity index (χ2v) is 4.94. The van der Waals surface area contributed by atoms with E-state index in [4.69, 9.17) is 4.74 Å². The van der Waals surface area contributed by atoms with Crippen LogP contribution in [-0.2, 0) is 9.53 Å². The molecule has 0 spiro atoms. The van der Waals surface area contributed by atoms with E-state index >= 15 is 0 Å². The van der Waals surface area contributed by atoms with Crippen molar-refractivity contribution in [2.24, 2.45) is 11.8 Å². The molecule has 0 bridgehead atoms. The Morgan fingerprint density at radius 1 is 1.50 bits per heavy atom. The molecule has 0 saturated carbocycles. The molecule has 2 fully saturated rings. The van der Waals surface area contributed by atoms with E-state index in [1.165, 1.54) is 6.42 Å². The van der Waals surface area contributed by atoms with Crippen molar-refractivity contribution in [1.82, 2.24) is 10.6 Å². The molecule has 4 nitrogen and oxygen atoms in total. The molecule has 92 valence electrons. The van der Waals surface area contributed by atoms with Gasteiger partial charge in [-0.05, 0) is 38.3 Å². The summed E-state index contributed by atoms with van der Waals surface area (Å²) in [6.07, 6.45) is 3.71. The third kappa shape index (κ3) is 2.95. The Morgan fingerprint density at radius 3 is 2.88 bits per heavy atom. The zero-order valence-electron chi connectivity index (χ0n) is 10.00. The van der Waals surface area contributed by atoms with Crippen molar-refractivity contribution >= 4 is 5.91 Å². The summed E-state index contributed by atoms with van der Waals surface area (Å²) in [7, 11) is 0. The maximum atomic E-state index is 11.8. The lowest BCUT2D eigenvalue weighted by atomic mass is 9.88. The highest BCUT2D eigenvalue weighted by Gasteiger charge is 2.28. The quantitative estimate of drug-likeness (QED) is 0.735. The van der Waals surface area contributed by atoms with Crippen molar-refractivity contribution in [3.8, 4) is 0 Å². The number of hydrogen-bond donors (Lipinski definition) is 2.